The third-order valence-electron chi connectivity index (χ3n) is 4.49. The van der Waals surface area contributed by atoms with Crippen molar-refractivity contribution in [2.75, 3.05) is 29.6 Å². The lowest BCUT2D eigenvalue weighted by Crippen LogP contribution is -2.26. The first kappa shape index (κ1) is 17.7. The number of hydrogen-bond acceptors (Lipinski definition) is 5. The van der Waals surface area contributed by atoms with Crippen LogP contribution in [0.5, 0.6) is 11.5 Å². The fourth-order valence-corrected chi connectivity index (χ4v) is 4.06. The van der Waals surface area contributed by atoms with Gasteiger partial charge in [-0.3, -0.25) is 9.59 Å². The van der Waals surface area contributed by atoms with Crippen LogP contribution >= 0.6 is 11.8 Å². The van der Waals surface area contributed by atoms with Gasteiger partial charge in [-0.2, -0.15) is 0 Å². The molecular formula is C20H20N2O4S. The van der Waals surface area contributed by atoms with Crippen molar-refractivity contribution in [1.82, 2.24) is 0 Å². The maximum Gasteiger partial charge on any atom is 0.237 e. The highest BCUT2D eigenvalue weighted by Gasteiger charge is 2.24. The number of fused-ring (bicyclic) bond motifs is 2. The minimum Gasteiger partial charge on any atom is -0.486 e. The number of benzene rings is 2. The van der Waals surface area contributed by atoms with Gasteiger partial charge in [-0.15, -0.1) is 11.8 Å². The zero-order valence-corrected chi connectivity index (χ0v) is 15.5. The van der Waals surface area contributed by atoms with Crippen molar-refractivity contribution in [3.05, 3.63) is 48.0 Å². The van der Waals surface area contributed by atoms with E-state index in [0.717, 1.165) is 17.7 Å². The predicted octanol–water partition coefficient (Wildman–Crippen LogP) is 3.08. The normalized spacial score (nSPS) is 18.1. The third kappa shape index (κ3) is 4.19. The van der Waals surface area contributed by atoms with Crippen LogP contribution in [0.4, 0.5) is 11.4 Å². The number of amides is 2. The van der Waals surface area contributed by atoms with E-state index in [-0.39, 0.29) is 22.8 Å². The molecule has 2 aromatic carbocycles. The van der Waals surface area contributed by atoms with E-state index in [0.29, 0.717) is 36.8 Å². The first-order chi connectivity index (χ1) is 13.2. The first-order valence-corrected chi connectivity index (χ1v) is 9.94. The molecule has 0 fully saturated rings. The lowest BCUT2D eigenvalue weighted by Gasteiger charge is -2.19. The van der Waals surface area contributed by atoms with Crippen molar-refractivity contribution in [3.8, 4) is 11.5 Å². The Morgan fingerprint density at radius 1 is 1.15 bits per heavy atom. The van der Waals surface area contributed by atoms with Crippen LogP contribution in [0.25, 0.3) is 0 Å². The molecule has 2 aliphatic heterocycles. The summed E-state index contributed by atoms with van der Waals surface area (Å²) in [6.07, 6.45) is 1.53. The van der Waals surface area contributed by atoms with Gasteiger partial charge in [-0.25, -0.2) is 0 Å². The lowest BCUT2D eigenvalue weighted by molar-refractivity contribution is -0.115. The van der Waals surface area contributed by atoms with Crippen LogP contribution in [0.15, 0.2) is 42.5 Å². The number of para-hydroxylation sites is 1. The smallest absolute Gasteiger partial charge is 0.237 e. The SMILES string of the molecule is O=C(CSC1CCc2ccccc2NC1=O)Nc1ccc2c(c1)OCCO2. The summed E-state index contributed by atoms with van der Waals surface area (Å²) in [5.41, 5.74) is 2.66. The first-order valence-electron chi connectivity index (χ1n) is 8.89. The van der Waals surface area contributed by atoms with Crippen molar-refractivity contribution in [1.29, 1.82) is 0 Å². The second-order valence-corrected chi connectivity index (χ2v) is 7.58. The Labute approximate surface area is 161 Å². The van der Waals surface area contributed by atoms with Crippen LogP contribution in [0.1, 0.15) is 12.0 Å². The summed E-state index contributed by atoms with van der Waals surface area (Å²) in [6, 6.07) is 13.1. The number of nitrogens with one attached hydrogen (secondary N) is 2. The van der Waals surface area contributed by atoms with Crippen molar-refractivity contribution in [3.63, 3.8) is 0 Å². The average Bonchev–Trinajstić information content (AvgIpc) is 2.84. The number of anilines is 2. The molecule has 27 heavy (non-hydrogen) atoms. The average molecular weight is 384 g/mol. The number of carbonyl (C=O) groups excluding carboxylic acids is 2. The minimum atomic E-state index is -0.247. The Kier molecular flexibility index (Phi) is 5.20. The van der Waals surface area contributed by atoms with E-state index in [9.17, 15) is 9.59 Å². The number of rotatable bonds is 4. The van der Waals surface area contributed by atoms with E-state index in [4.69, 9.17) is 9.47 Å². The van der Waals surface area contributed by atoms with E-state index in [1.807, 2.05) is 24.3 Å². The van der Waals surface area contributed by atoms with Crippen LogP contribution in [0.2, 0.25) is 0 Å². The van der Waals surface area contributed by atoms with Gasteiger partial charge in [-0.05, 0) is 36.6 Å². The second-order valence-electron chi connectivity index (χ2n) is 6.39. The van der Waals surface area contributed by atoms with E-state index in [1.54, 1.807) is 18.2 Å². The highest BCUT2D eigenvalue weighted by atomic mass is 32.2. The van der Waals surface area contributed by atoms with Gasteiger partial charge in [0.2, 0.25) is 11.8 Å². The van der Waals surface area contributed by atoms with Crippen LogP contribution in [-0.4, -0.2) is 36.0 Å². The monoisotopic (exact) mass is 384 g/mol. The summed E-state index contributed by atoms with van der Waals surface area (Å²) in [5.74, 6) is 1.34. The minimum absolute atomic E-state index is 0.0444. The van der Waals surface area contributed by atoms with Gasteiger partial charge in [0.05, 0.1) is 11.0 Å². The Balaban J connectivity index is 1.32. The van der Waals surface area contributed by atoms with Crippen molar-refractivity contribution in [2.45, 2.75) is 18.1 Å². The molecule has 2 heterocycles. The van der Waals surface area contributed by atoms with Gasteiger partial charge in [0.25, 0.3) is 0 Å². The molecule has 0 aliphatic carbocycles. The zero-order chi connectivity index (χ0) is 18.6. The van der Waals surface area contributed by atoms with E-state index >= 15 is 0 Å². The Bertz CT molecular complexity index is 871. The lowest BCUT2D eigenvalue weighted by atomic mass is 10.1. The molecule has 0 bridgehead atoms. The molecule has 7 heteroatoms. The quantitative estimate of drug-likeness (QED) is 0.847. The molecule has 1 atom stereocenters. The highest BCUT2D eigenvalue weighted by Crippen LogP contribution is 2.33. The molecule has 0 radical (unpaired) electrons. The number of hydrogen-bond donors (Lipinski definition) is 2. The van der Waals surface area contributed by atoms with Gasteiger partial charge < -0.3 is 20.1 Å². The standard InChI is InChI=1S/C20H20N2O4S/c23-19(21-14-6-7-16-17(11-14)26-10-9-25-16)12-27-18-8-5-13-3-1-2-4-15(13)22-20(18)24/h1-4,6-7,11,18H,5,8-10,12H2,(H,21,23)(H,22,24). The summed E-state index contributed by atoms with van der Waals surface area (Å²) in [7, 11) is 0. The molecule has 0 spiro atoms. The van der Waals surface area contributed by atoms with Crippen molar-refractivity contribution < 1.29 is 19.1 Å². The van der Waals surface area contributed by atoms with E-state index in [2.05, 4.69) is 10.6 Å². The molecule has 0 saturated heterocycles. The van der Waals surface area contributed by atoms with Gasteiger partial charge in [0, 0.05) is 17.4 Å². The number of carbonyl (C=O) groups is 2. The third-order valence-corrected chi connectivity index (χ3v) is 5.77. The van der Waals surface area contributed by atoms with Crippen molar-refractivity contribution in [2.24, 2.45) is 0 Å². The Morgan fingerprint density at radius 2 is 1.96 bits per heavy atom. The molecule has 4 rings (SSSR count). The maximum absolute atomic E-state index is 12.4. The second kappa shape index (κ2) is 7.92. The number of thioether (sulfide) groups is 1. The molecule has 6 nitrogen and oxygen atoms in total. The molecule has 0 aromatic heterocycles. The molecule has 2 aliphatic rings. The molecule has 2 aromatic rings. The number of ether oxygens (including phenoxy) is 2. The Morgan fingerprint density at radius 3 is 2.85 bits per heavy atom. The molecule has 2 N–H and O–H groups in total. The van der Waals surface area contributed by atoms with Crippen LogP contribution in [-0.2, 0) is 16.0 Å². The van der Waals surface area contributed by atoms with Gasteiger partial charge in [0.15, 0.2) is 11.5 Å². The Hall–Kier alpha value is -2.67. The van der Waals surface area contributed by atoms with Gasteiger partial charge >= 0.3 is 0 Å². The van der Waals surface area contributed by atoms with Crippen molar-refractivity contribution >= 4 is 35.0 Å². The zero-order valence-electron chi connectivity index (χ0n) is 14.7. The summed E-state index contributed by atoms with van der Waals surface area (Å²) < 4.78 is 11.0. The summed E-state index contributed by atoms with van der Waals surface area (Å²) in [6.45, 7) is 1.03. The highest BCUT2D eigenvalue weighted by molar-refractivity contribution is 8.01. The molecular weight excluding hydrogens is 364 g/mol. The fourth-order valence-electron chi connectivity index (χ4n) is 3.14. The largest absolute Gasteiger partial charge is 0.486 e. The number of aryl methyl sites for hydroxylation is 1. The molecule has 140 valence electrons. The van der Waals surface area contributed by atoms with Crippen LogP contribution in [0.3, 0.4) is 0 Å². The predicted molar refractivity (Wildman–Crippen MR) is 106 cm³/mol. The summed E-state index contributed by atoms with van der Waals surface area (Å²) in [4.78, 5) is 24.7. The van der Waals surface area contributed by atoms with E-state index < -0.39 is 0 Å². The van der Waals surface area contributed by atoms with Crippen LogP contribution in [0, 0.1) is 0 Å². The molecule has 1 unspecified atom stereocenters. The fraction of sp³-hybridized carbons (Fsp3) is 0.300. The topological polar surface area (TPSA) is 76.7 Å². The van der Waals surface area contributed by atoms with Crippen LogP contribution < -0.4 is 20.1 Å². The molecule has 2 amide bonds. The summed E-state index contributed by atoms with van der Waals surface area (Å²) >= 11 is 1.37. The van der Waals surface area contributed by atoms with Gasteiger partial charge in [0.1, 0.15) is 13.2 Å². The maximum atomic E-state index is 12.4. The molecule has 0 saturated carbocycles. The summed E-state index contributed by atoms with van der Waals surface area (Å²) in [5, 5.41) is 5.56. The van der Waals surface area contributed by atoms with Gasteiger partial charge in [-0.1, -0.05) is 18.2 Å². The van der Waals surface area contributed by atoms with E-state index in [1.165, 1.54) is 11.8 Å².